The molecule has 0 aliphatic carbocycles. The minimum Gasteiger partial charge on any atom is -0.495 e. The Bertz CT molecular complexity index is 939. The lowest BCUT2D eigenvalue weighted by molar-refractivity contribution is -0.124. The molecule has 1 spiro atoms. The van der Waals surface area contributed by atoms with Gasteiger partial charge in [0.25, 0.3) is 0 Å². The molecule has 0 aromatic heterocycles. The summed E-state index contributed by atoms with van der Waals surface area (Å²) in [6.07, 6.45) is 0.260. The van der Waals surface area contributed by atoms with E-state index in [9.17, 15) is 14.0 Å². The smallest absolute Gasteiger partial charge is 0.410 e. The van der Waals surface area contributed by atoms with Crippen LogP contribution in [0.15, 0.2) is 42.5 Å². The van der Waals surface area contributed by atoms with Gasteiger partial charge >= 0.3 is 6.09 Å². The molecule has 7 heteroatoms. The molecule has 2 aromatic carbocycles. The number of hydrogen-bond acceptors (Lipinski definition) is 4. The van der Waals surface area contributed by atoms with E-state index in [1.807, 2.05) is 30.3 Å². The summed E-state index contributed by atoms with van der Waals surface area (Å²) in [6, 6.07) is 12.3. The van der Waals surface area contributed by atoms with Crippen LogP contribution >= 0.6 is 0 Å². The number of rotatable bonds is 3. The highest BCUT2D eigenvalue weighted by Crippen LogP contribution is 2.52. The number of ether oxygens (including phenoxy) is 2. The fourth-order valence-corrected chi connectivity index (χ4v) is 4.38. The number of methoxy groups -OCH3 is 1. The average Bonchev–Trinajstić information content (AvgIpc) is 2.97. The summed E-state index contributed by atoms with van der Waals surface area (Å²) in [5, 5.41) is 0. The number of nitrogens with zero attached hydrogens (tertiary/aromatic N) is 2. The molecule has 4 rings (SSSR count). The van der Waals surface area contributed by atoms with Gasteiger partial charge in [-0.2, -0.15) is 0 Å². The maximum Gasteiger partial charge on any atom is 0.410 e. The number of halogens is 1. The van der Waals surface area contributed by atoms with Gasteiger partial charge in [0.15, 0.2) is 0 Å². The molecule has 0 atom stereocenters. The first kappa shape index (κ1) is 19.2. The van der Waals surface area contributed by atoms with Gasteiger partial charge in [-0.15, -0.1) is 0 Å². The summed E-state index contributed by atoms with van der Waals surface area (Å²) >= 11 is 0. The second-order valence-corrected chi connectivity index (χ2v) is 7.45. The average molecular weight is 398 g/mol. The van der Waals surface area contributed by atoms with Crippen molar-refractivity contribution >= 4 is 17.7 Å². The van der Waals surface area contributed by atoms with Gasteiger partial charge in [0.05, 0.1) is 18.2 Å². The molecular formula is C22H23FN2O4. The molecule has 152 valence electrons. The molecule has 0 bridgehead atoms. The third-order valence-electron chi connectivity index (χ3n) is 5.92. The topological polar surface area (TPSA) is 59.1 Å². The Kier molecular flexibility index (Phi) is 4.90. The van der Waals surface area contributed by atoms with E-state index in [1.54, 1.807) is 11.9 Å². The molecule has 0 N–H and O–H groups in total. The first-order valence-electron chi connectivity index (χ1n) is 9.58. The SMILES string of the molecule is COc1ccc(F)c2c1N(C)C(=O)C21CCN(C(=O)OCc2ccccc2)CC1. The van der Waals surface area contributed by atoms with Crippen LogP contribution in [0.1, 0.15) is 24.0 Å². The molecule has 1 fully saturated rings. The summed E-state index contributed by atoms with van der Waals surface area (Å²) in [7, 11) is 3.14. The van der Waals surface area contributed by atoms with Crippen LogP contribution in [0.25, 0.3) is 0 Å². The molecule has 2 heterocycles. The summed E-state index contributed by atoms with van der Waals surface area (Å²) in [4.78, 5) is 28.6. The summed E-state index contributed by atoms with van der Waals surface area (Å²) < 4.78 is 25.6. The zero-order chi connectivity index (χ0) is 20.6. The van der Waals surface area contributed by atoms with Crippen LogP contribution in [0, 0.1) is 5.82 Å². The van der Waals surface area contributed by atoms with Crippen molar-refractivity contribution in [1.29, 1.82) is 0 Å². The van der Waals surface area contributed by atoms with Crippen LogP contribution < -0.4 is 9.64 Å². The molecule has 6 nitrogen and oxygen atoms in total. The van der Waals surface area contributed by atoms with Gasteiger partial charge < -0.3 is 19.3 Å². The van der Waals surface area contributed by atoms with Gasteiger partial charge in [-0.3, -0.25) is 4.79 Å². The second kappa shape index (κ2) is 7.39. The van der Waals surface area contributed by atoms with Crippen molar-refractivity contribution in [1.82, 2.24) is 4.90 Å². The number of benzene rings is 2. The van der Waals surface area contributed by atoms with E-state index in [-0.39, 0.29) is 12.5 Å². The van der Waals surface area contributed by atoms with Gasteiger partial charge in [0, 0.05) is 25.7 Å². The number of piperidine rings is 1. The Morgan fingerprint density at radius 3 is 2.48 bits per heavy atom. The van der Waals surface area contributed by atoms with Crippen LogP contribution in [0.3, 0.4) is 0 Å². The first-order chi connectivity index (χ1) is 14.0. The normalized spacial score (nSPS) is 17.4. The maximum absolute atomic E-state index is 14.8. The van der Waals surface area contributed by atoms with E-state index < -0.39 is 17.3 Å². The Balaban J connectivity index is 1.51. The van der Waals surface area contributed by atoms with E-state index in [1.165, 1.54) is 24.1 Å². The number of amides is 2. The van der Waals surface area contributed by atoms with Crippen molar-refractivity contribution < 1.29 is 23.5 Å². The highest BCUT2D eigenvalue weighted by molar-refractivity contribution is 6.09. The summed E-state index contributed by atoms with van der Waals surface area (Å²) in [5.74, 6) is -0.106. The second-order valence-electron chi connectivity index (χ2n) is 7.45. The molecule has 2 aliphatic rings. The van der Waals surface area contributed by atoms with Crippen molar-refractivity contribution in [3.63, 3.8) is 0 Å². The van der Waals surface area contributed by atoms with Gasteiger partial charge in [0.1, 0.15) is 18.2 Å². The minimum absolute atomic E-state index is 0.159. The van der Waals surface area contributed by atoms with Crippen LogP contribution in [0.4, 0.5) is 14.9 Å². The third-order valence-corrected chi connectivity index (χ3v) is 5.92. The van der Waals surface area contributed by atoms with E-state index in [0.29, 0.717) is 42.9 Å². The molecule has 2 amide bonds. The zero-order valence-electron chi connectivity index (χ0n) is 16.5. The van der Waals surface area contributed by atoms with E-state index in [4.69, 9.17) is 9.47 Å². The number of likely N-dealkylation sites (N-methyl/N-ethyl adjacent to an activating group) is 1. The Hall–Kier alpha value is -3.09. The first-order valence-corrected chi connectivity index (χ1v) is 9.58. The minimum atomic E-state index is -0.973. The fraction of sp³-hybridized carbons (Fsp3) is 0.364. The number of likely N-dealkylation sites (tertiary alicyclic amines) is 1. The summed E-state index contributed by atoms with van der Waals surface area (Å²) in [6.45, 7) is 0.838. The Morgan fingerprint density at radius 1 is 1.14 bits per heavy atom. The van der Waals surface area contributed by atoms with E-state index in [2.05, 4.69) is 0 Å². The molecule has 1 saturated heterocycles. The molecule has 2 aliphatic heterocycles. The molecular weight excluding hydrogens is 375 g/mol. The number of fused-ring (bicyclic) bond motifs is 2. The lowest BCUT2D eigenvalue weighted by atomic mass is 9.73. The predicted molar refractivity (Wildman–Crippen MR) is 105 cm³/mol. The van der Waals surface area contributed by atoms with E-state index >= 15 is 0 Å². The van der Waals surface area contributed by atoms with E-state index in [0.717, 1.165) is 5.56 Å². The molecule has 0 saturated carbocycles. The molecule has 29 heavy (non-hydrogen) atoms. The number of hydrogen-bond donors (Lipinski definition) is 0. The molecule has 0 radical (unpaired) electrons. The lowest BCUT2D eigenvalue weighted by Crippen LogP contribution is -2.50. The van der Waals surface area contributed by atoms with Crippen molar-refractivity contribution in [3.05, 3.63) is 59.4 Å². The van der Waals surface area contributed by atoms with Crippen LogP contribution in [-0.4, -0.2) is 44.1 Å². The highest BCUT2D eigenvalue weighted by Gasteiger charge is 2.54. The van der Waals surface area contributed by atoms with Crippen molar-refractivity contribution in [2.24, 2.45) is 0 Å². The van der Waals surface area contributed by atoms with Gasteiger partial charge in [-0.25, -0.2) is 9.18 Å². The number of carbonyl (C=O) groups excluding carboxylic acids is 2. The van der Waals surface area contributed by atoms with Crippen molar-refractivity contribution in [2.45, 2.75) is 24.9 Å². The monoisotopic (exact) mass is 398 g/mol. The Labute approximate surface area is 168 Å². The quantitative estimate of drug-likeness (QED) is 0.794. The van der Waals surface area contributed by atoms with Crippen LogP contribution in [-0.2, 0) is 21.6 Å². The van der Waals surface area contributed by atoms with Crippen LogP contribution in [0.2, 0.25) is 0 Å². The van der Waals surface area contributed by atoms with Crippen LogP contribution in [0.5, 0.6) is 5.75 Å². The largest absolute Gasteiger partial charge is 0.495 e. The third kappa shape index (κ3) is 3.10. The summed E-state index contributed by atoms with van der Waals surface area (Å²) in [5.41, 5.74) is 0.795. The standard InChI is InChI=1S/C22H23FN2O4/c1-24-19-17(28-2)9-8-16(23)18(19)22(20(24)26)10-12-25(13-11-22)21(27)29-14-15-6-4-3-5-7-15/h3-9H,10-14H2,1-2H3. The van der Waals surface area contributed by atoms with Crippen molar-refractivity contribution in [2.75, 3.05) is 32.1 Å². The highest BCUT2D eigenvalue weighted by atomic mass is 19.1. The number of anilines is 1. The Morgan fingerprint density at radius 2 is 1.83 bits per heavy atom. The van der Waals surface area contributed by atoms with Gasteiger partial charge in [0.2, 0.25) is 5.91 Å². The van der Waals surface area contributed by atoms with Gasteiger partial charge in [-0.05, 0) is 30.5 Å². The zero-order valence-corrected chi connectivity index (χ0v) is 16.5. The lowest BCUT2D eigenvalue weighted by Gasteiger charge is -2.37. The molecule has 0 unspecified atom stereocenters. The molecule has 2 aromatic rings. The van der Waals surface area contributed by atoms with Gasteiger partial charge in [-0.1, -0.05) is 30.3 Å². The fourth-order valence-electron chi connectivity index (χ4n) is 4.38. The van der Waals surface area contributed by atoms with Crippen molar-refractivity contribution in [3.8, 4) is 5.75 Å². The number of carbonyl (C=O) groups is 2. The predicted octanol–water partition coefficient (Wildman–Crippen LogP) is 3.48. The maximum atomic E-state index is 14.8.